The molecule has 0 heterocycles. The van der Waals surface area contributed by atoms with E-state index in [-0.39, 0.29) is 17.5 Å². The Morgan fingerprint density at radius 3 is 2.35 bits per heavy atom. The van der Waals surface area contributed by atoms with E-state index in [1.54, 1.807) is 11.8 Å². The summed E-state index contributed by atoms with van der Waals surface area (Å²) in [5.74, 6) is 0.0925. The Bertz CT molecular complexity index is 423. The van der Waals surface area contributed by atoms with E-state index in [2.05, 4.69) is 48.1 Å². The van der Waals surface area contributed by atoms with Crippen molar-refractivity contribution in [2.45, 2.75) is 50.6 Å². The minimum absolute atomic E-state index is 0.0925. The van der Waals surface area contributed by atoms with E-state index in [9.17, 15) is 4.79 Å². The smallest absolute Gasteiger partial charge is 0.221 e. The number of hydrogen-bond acceptors (Lipinski definition) is 3. The highest BCUT2D eigenvalue weighted by Crippen LogP contribution is 2.18. The van der Waals surface area contributed by atoms with Gasteiger partial charge < -0.3 is 10.6 Å². The van der Waals surface area contributed by atoms with Crippen LogP contribution in [0, 0.1) is 0 Å². The molecule has 1 atom stereocenters. The van der Waals surface area contributed by atoms with Crippen LogP contribution in [0.25, 0.3) is 0 Å². The van der Waals surface area contributed by atoms with E-state index in [4.69, 9.17) is 0 Å². The monoisotopic (exact) mass is 294 g/mol. The van der Waals surface area contributed by atoms with Crippen molar-refractivity contribution in [3.05, 3.63) is 29.8 Å². The van der Waals surface area contributed by atoms with Gasteiger partial charge >= 0.3 is 0 Å². The molecule has 3 nitrogen and oxygen atoms in total. The number of amides is 1. The molecule has 1 rings (SSSR count). The van der Waals surface area contributed by atoms with Crippen LogP contribution in [0.15, 0.2) is 29.2 Å². The minimum Gasteiger partial charge on any atom is -0.351 e. The lowest BCUT2D eigenvalue weighted by Crippen LogP contribution is -2.41. The molecule has 1 amide bonds. The van der Waals surface area contributed by atoms with Gasteiger partial charge in [-0.3, -0.25) is 4.79 Å². The largest absolute Gasteiger partial charge is 0.351 e. The summed E-state index contributed by atoms with van der Waals surface area (Å²) < 4.78 is 0. The maximum atomic E-state index is 11.7. The quantitative estimate of drug-likeness (QED) is 0.790. The molecule has 0 aliphatic carbocycles. The van der Waals surface area contributed by atoms with Crippen molar-refractivity contribution >= 4 is 17.7 Å². The topological polar surface area (TPSA) is 41.1 Å². The summed E-state index contributed by atoms with van der Waals surface area (Å²) in [6, 6.07) is 8.79. The molecule has 0 aromatic heterocycles. The van der Waals surface area contributed by atoms with E-state index in [0.29, 0.717) is 13.0 Å². The van der Waals surface area contributed by atoms with E-state index < -0.39 is 0 Å². The zero-order chi connectivity index (χ0) is 15.2. The molecule has 2 N–H and O–H groups in total. The van der Waals surface area contributed by atoms with Gasteiger partial charge in [0.2, 0.25) is 5.91 Å². The van der Waals surface area contributed by atoms with E-state index in [0.717, 1.165) is 0 Å². The molecule has 0 aliphatic heterocycles. The van der Waals surface area contributed by atoms with Crippen molar-refractivity contribution in [3.8, 4) is 0 Å². The van der Waals surface area contributed by atoms with Gasteiger partial charge in [-0.2, -0.15) is 0 Å². The van der Waals surface area contributed by atoms with Crippen molar-refractivity contribution in [3.63, 3.8) is 0 Å². The first-order valence-electron chi connectivity index (χ1n) is 7.00. The van der Waals surface area contributed by atoms with Crippen LogP contribution in [0.4, 0.5) is 0 Å². The summed E-state index contributed by atoms with van der Waals surface area (Å²) in [5, 5.41) is 6.35. The number of carbonyl (C=O) groups is 1. The summed E-state index contributed by atoms with van der Waals surface area (Å²) in [7, 11) is 0. The lowest BCUT2D eigenvalue weighted by Gasteiger charge is -2.21. The van der Waals surface area contributed by atoms with E-state index in [1.165, 1.54) is 10.5 Å². The van der Waals surface area contributed by atoms with Gasteiger partial charge in [-0.05, 0) is 51.6 Å². The van der Waals surface area contributed by atoms with Gasteiger partial charge in [-0.25, -0.2) is 0 Å². The number of hydrogen-bond donors (Lipinski definition) is 2. The summed E-state index contributed by atoms with van der Waals surface area (Å²) in [6.45, 7) is 8.79. The van der Waals surface area contributed by atoms with Gasteiger partial charge in [0.1, 0.15) is 0 Å². The predicted octanol–water partition coefficient (Wildman–Crippen LogP) is 3.36. The Morgan fingerprint density at radius 1 is 1.25 bits per heavy atom. The first-order chi connectivity index (χ1) is 9.31. The highest BCUT2D eigenvalue weighted by atomic mass is 32.2. The molecule has 0 saturated carbocycles. The van der Waals surface area contributed by atoms with Gasteiger partial charge in [0.15, 0.2) is 0 Å². The highest BCUT2D eigenvalue weighted by Gasteiger charge is 2.13. The number of rotatable bonds is 6. The lowest BCUT2D eigenvalue weighted by molar-refractivity contribution is -0.122. The molecule has 1 unspecified atom stereocenters. The van der Waals surface area contributed by atoms with Crippen LogP contribution in [-0.4, -0.2) is 24.2 Å². The van der Waals surface area contributed by atoms with Gasteiger partial charge in [0, 0.05) is 29.4 Å². The summed E-state index contributed by atoms with van der Waals surface area (Å²) in [4.78, 5) is 13.0. The molecule has 0 aliphatic rings. The third-order valence-electron chi connectivity index (χ3n) is 2.93. The Hall–Kier alpha value is -1.00. The normalized spacial score (nSPS) is 13.1. The Labute approximate surface area is 126 Å². The van der Waals surface area contributed by atoms with Crippen LogP contribution >= 0.6 is 11.8 Å². The maximum Gasteiger partial charge on any atom is 0.221 e. The molecule has 0 bridgehead atoms. The second kappa shape index (κ2) is 7.70. The van der Waals surface area contributed by atoms with E-state index >= 15 is 0 Å². The number of thioether (sulfide) groups is 1. The molecule has 112 valence electrons. The standard InChI is InChI=1S/C16H26N2OS/c1-12(13-6-8-14(20-5)9-7-13)17-11-10-15(19)18-16(2,3)4/h6-9,12,17H,10-11H2,1-5H3,(H,18,19). The molecule has 0 saturated heterocycles. The maximum absolute atomic E-state index is 11.7. The number of benzene rings is 1. The first-order valence-corrected chi connectivity index (χ1v) is 8.22. The average molecular weight is 294 g/mol. The summed E-state index contributed by atoms with van der Waals surface area (Å²) in [6.07, 6.45) is 2.58. The summed E-state index contributed by atoms with van der Waals surface area (Å²) >= 11 is 1.74. The molecule has 1 aromatic carbocycles. The predicted molar refractivity (Wildman–Crippen MR) is 87.2 cm³/mol. The third-order valence-corrected chi connectivity index (χ3v) is 3.68. The van der Waals surface area contributed by atoms with Crippen LogP contribution in [0.2, 0.25) is 0 Å². The summed E-state index contributed by atoms with van der Waals surface area (Å²) in [5.41, 5.74) is 1.09. The average Bonchev–Trinajstić information content (AvgIpc) is 2.36. The fourth-order valence-electron chi connectivity index (χ4n) is 1.89. The minimum atomic E-state index is -0.156. The van der Waals surface area contributed by atoms with Crippen molar-refractivity contribution in [2.75, 3.05) is 12.8 Å². The molecular formula is C16H26N2OS. The zero-order valence-electron chi connectivity index (χ0n) is 13.1. The second-order valence-corrected chi connectivity index (χ2v) is 6.88. The van der Waals surface area contributed by atoms with Crippen molar-refractivity contribution < 1.29 is 4.79 Å². The van der Waals surface area contributed by atoms with Crippen molar-refractivity contribution in [2.24, 2.45) is 0 Å². The SMILES string of the molecule is CSc1ccc(C(C)NCCC(=O)NC(C)(C)C)cc1. The molecular weight excluding hydrogens is 268 g/mol. The van der Waals surface area contributed by atoms with E-state index in [1.807, 2.05) is 20.8 Å². The lowest BCUT2D eigenvalue weighted by atomic mass is 10.1. The Balaban J connectivity index is 2.35. The van der Waals surface area contributed by atoms with Gasteiger partial charge in [-0.1, -0.05) is 12.1 Å². The zero-order valence-corrected chi connectivity index (χ0v) is 13.9. The van der Waals surface area contributed by atoms with Crippen LogP contribution in [0.3, 0.4) is 0 Å². The molecule has 20 heavy (non-hydrogen) atoms. The molecule has 4 heteroatoms. The van der Waals surface area contributed by atoms with Crippen LogP contribution in [-0.2, 0) is 4.79 Å². The third kappa shape index (κ3) is 6.44. The molecule has 0 spiro atoms. The van der Waals surface area contributed by atoms with Crippen LogP contribution in [0.5, 0.6) is 0 Å². The Morgan fingerprint density at radius 2 is 1.85 bits per heavy atom. The van der Waals surface area contributed by atoms with Crippen LogP contribution < -0.4 is 10.6 Å². The Kier molecular flexibility index (Phi) is 6.56. The highest BCUT2D eigenvalue weighted by molar-refractivity contribution is 7.98. The first kappa shape index (κ1) is 17.1. The molecule has 1 aromatic rings. The fourth-order valence-corrected chi connectivity index (χ4v) is 2.30. The molecule has 0 radical (unpaired) electrons. The molecule has 0 fully saturated rings. The fraction of sp³-hybridized carbons (Fsp3) is 0.562. The van der Waals surface area contributed by atoms with Crippen LogP contribution in [0.1, 0.15) is 45.7 Å². The van der Waals surface area contributed by atoms with Gasteiger partial charge in [0.05, 0.1) is 0 Å². The van der Waals surface area contributed by atoms with Crippen molar-refractivity contribution in [1.29, 1.82) is 0 Å². The number of nitrogens with one attached hydrogen (secondary N) is 2. The van der Waals surface area contributed by atoms with Gasteiger partial charge in [0.25, 0.3) is 0 Å². The van der Waals surface area contributed by atoms with Gasteiger partial charge in [-0.15, -0.1) is 11.8 Å². The van der Waals surface area contributed by atoms with Crippen molar-refractivity contribution in [1.82, 2.24) is 10.6 Å². The number of carbonyl (C=O) groups excluding carboxylic acids is 1. The second-order valence-electron chi connectivity index (χ2n) is 6.00.